The molecule has 0 saturated heterocycles. The second-order valence-corrected chi connectivity index (χ2v) is 7.47. The molecule has 0 bridgehead atoms. The lowest BCUT2D eigenvalue weighted by Crippen LogP contribution is -2.19. The Labute approximate surface area is 175 Å². The summed E-state index contributed by atoms with van der Waals surface area (Å²) in [5, 5.41) is 16.1. The number of hydrogen-bond acceptors (Lipinski definition) is 5. The molecule has 1 aliphatic carbocycles. The first kappa shape index (κ1) is 19.8. The summed E-state index contributed by atoms with van der Waals surface area (Å²) in [6.45, 7) is 0.682. The maximum atomic E-state index is 11.4. The van der Waals surface area contributed by atoms with E-state index in [-0.39, 0.29) is 5.56 Å². The van der Waals surface area contributed by atoms with Crippen molar-refractivity contribution in [3.8, 4) is 5.75 Å². The van der Waals surface area contributed by atoms with E-state index < -0.39 is 5.97 Å². The first-order chi connectivity index (χ1) is 14.6. The molecule has 2 aromatic carbocycles. The highest BCUT2D eigenvalue weighted by Gasteiger charge is 2.21. The molecule has 6 heteroatoms. The number of hydrogen-bond donors (Lipinski definition) is 3. The summed E-state index contributed by atoms with van der Waals surface area (Å²) in [5.41, 5.74) is 5.51. The van der Waals surface area contributed by atoms with E-state index in [0.29, 0.717) is 18.2 Å². The van der Waals surface area contributed by atoms with Crippen LogP contribution in [0.15, 0.2) is 60.9 Å². The lowest BCUT2D eigenvalue weighted by Gasteiger charge is -2.27. The molecule has 0 radical (unpaired) electrons. The fourth-order valence-electron chi connectivity index (χ4n) is 4.03. The number of benzene rings is 2. The summed E-state index contributed by atoms with van der Waals surface area (Å²) in [6.07, 6.45) is 6.31. The molecule has 6 nitrogen and oxygen atoms in total. The molecule has 0 fully saturated rings. The maximum absolute atomic E-state index is 11.4. The molecular weight excluding hydrogens is 378 g/mol. The average molecular weight is 403 g/mol. The molecule has 154 valence electrons. The van der Waals surface area contributed by atoms with Crippen LogP contribution in [-0.2, 0) is 6.42 Å². The highest BCUT2D eigenvalue weighted by molar-refractivity contribution is 5.93. The molecule has 1 atom stereocenters. The van der Waals surface area contributed by atoms with E-state index in [9.17, 15) is 9.90 Å². The normalized spacial score (nSPS) is 15.2. The molecule has 1 aromatic heterocycles. The fourth-order valence-corrected chi connectivity index (χ4v) is 4.03. The minimum Gasteiger partial charge on any atom is -0.497 e. The number of carboxylic acid groups (broad SMARTS) is 1. The molecule has 0 unspecified atom stereocenters. The number of ether oxygens (including phenoxy) is 1. The zero-order valence-electron chi connectivity index (χ0n) is 16.9. The van der Waals surface area contributed by atoms with E-state index in [1.807, 2.05) is 24.3 Å². The van der Waals surface area contributed by atoms with Crippen LogP contribution in [0, 0.1) is 0 Å². The topological polar surface area (TPSA) is 83.5 Å². The number of nitrogens with zero attached hydrogens (tertiary/aromatic N) is 1. The van der Waals surface area contributed by atoms with Gasteiger partial charge < -0.3 is 20.5 Å². The molecule has 30 heavy (non-hydrogen) atoms. The quantitative estimate of drug-likeness (QED) is 0.511. The van der Waals surface area contributed by atoms with Gasteiger partial charge in [-0.2, -0.15) is 0 Å². The number of carboxylic acids is 1. The summed E-state index contributed by atoms with van der Waals surface area (Å²) in [4.78, 5) is 15.5. The second kappa shape index (κ2) is 8.86. The predicted molar refractivity (Wildman–Crippen MR) is 118 cm³/mol. The van der Waals surface area contributed by atoms with Crippen LogP contribution in [-0.4, -0.2) is 29.7 Å². The SMILES string of the molecule is COc1cccc(Nc2ccc3c(c2)CCC[C@H]3CNc2cnccc2C(=O)O)c1. The molecule has 3 N–H and O–H groups in total. The summed E-state index contributed by atoms with van der Waals surface area (Å²) < 4.78 is 5.30. The largest absolute Gasteiger partial charge is 0.497 e. The number of aromatic nitrogens is 1. The minimum atomic E-state index is -0.947. The number of anilines is 3. The molecule has 4 rings (SSSR count). The highest BCUT2D eigenvalue weighted by Crippen LogP contribution is 2.34. The van der Waals surface area contributed by atoms with Crippen molar-refractivity contribution >= 4 is 23.0 Å². The zero-order valence-corrected chi connectivity index (χ0v) is 16.9. The van der Waals surface area contributed by atoms with E-state index >= 15 is 0 Å². The molecular formula is C24H25N3O3. The molecule has 0 saturated carbocycles. The first-order valence-electron chi connectivity index (χ1n) is 10.1. The van der Waals surface area contributed by atoms with Crippen molar-refractivity contribution in [2.45, 2.75) is 25.2 Å². The smallest absolute Gasteiger partial charge is 0.337 e. The van der Waals surface area contributed by atoms with Crippen molar-refractivity contribution in [2.24, 2.45) is 0 Å². The zero-order chi connectivity index (χ0) is 20.9. The van der Waals surface area contributed by atoms with Crippen LogP contribution in [0.1, 0.15) is 40.2 Å². The molecule has 0 amide bonds. The van der Waals surface area contributed by atoms with Crippen LogP contribution in [0.4, 0.5) is 17.1 Å². The van der Waals surface area contributed by atoms with Crippen LogP contribution in [0.5, 0.6) is 5.75 Å². The summed E-state index contributed by atoms with van der Waals surface area (Å²) in [6, 6.07) is 15.9. The third-order valence-corrected chi connectivity index (χ3v) is 5.53. The van der Waals surface area contributed by atoms with Gasteiger partial charge in [0.1, 0.15) is 5.75 Å². The van der Waals surface area contributed by atoms with Crippen LogP contribution >= 0.6 is 0 Å². The number of aryl methyl sites for hydroxylation is 1. The fraction of sp³-hybridized carbons (Fsp3) is 0.250. The lowest BCUT2D eigenvalue weighted by atomic mass is 9.82. The Hall–Kier alpha value is -3.54. The summed E-state index contributed by atoms with van der Waals surface area (Å²) in [5.74, 6) is 0.207. The number of rotatable bonds is 7. The Kier molecular flexibility index (Phi) is 5.84. The van der Waals surface area contributed by atoms with Gasteiger partial charge in [-0.3, -0.25) is 4.98 Å². The van der Waals surface area contributed by atoms with Gasteiger partial charge in [0, 0.05) is 36.1 Å². The summed E-state index contributed by atoms with van der Waals surface area (Å²) >= 11 is 0. The van der Waals surface area contributed by atoms with Gasteiger partial charge >= 0.3 is 5.97 Å². The van der Waals surface area contributed by atoms with Gasteiger partial charge in [0.25, 0.3) is 0 Å². The van der Waals surface area contributed by atoms with Crippen molar-refractivity contribution in [1.29, 1.82) is 0 Å². The van der Waals surface area contributed by atoms with Gasteiger partial charge in [-0.1, -0.05) is 12.1 Å². The van der Waals surface area contributed by atoms with E-state index in [2.05, 4.69) is 33.8 Å². The predicted octanol–water partition coefficient (Wildman–Crippen LogP) is 5.06. The average Bonchev–Trinajstić information content (AvgIpc) is 2.77. The van der Waals surface area contributed by atoms with Crippen LogP contribution in [0.2, 0.25) is 0 Å². The van der Waals surface area contributed by atoms with Crippen LogP contribution in [0.25, 0.3) is 0 Å². The first-order valence-corrected chi connectivity index (χ1v) is 10.1. The number of methoxy groups -OCH3 is 1. The Morgan fingerprint density at radius 3 is 2.90 bits per heavy atom. The third-order valence-electron chi connectivity index (χ3n) is 5.53. The van der Waals surface area contributed by atoms with Crippen molar-refractivity contribution in [1.82, 2.24) is 4.98 Å². The number of carbonyl (C=O) groups is 1. The number of aromatic carboxylic acids is 1. The van der Waals surface area contributed by atoms with Crippen LogP contribution < -0.4 is 15.4 Å². The standard InChI is InChI=1S/C24H25N3O3/c1-30-20-7-3-6-18(13-20)27-19-8-9-21-16(12-19)4-2-5-17(21)14-26-23-15-25-11-10-22(23)24(28)29/h3,6-13,15,17,26-27H,2,4-5,14H2,1H3,(H,28,29)/t17-/m0/s1. The Morgan fingerprint density at radius 1 is 1.20 bits per heavy atom. The highest BCUT2D eigenvalue weighted by atomic mass is 16.5. The van der Waals surface area contributed by atoms with Gasteiger partial charge in [-0.15, -0.1) is 0 Å². The summed E-state index contributed by atoms with van der Waals surface area (Å²) in [7, 11) is 1.66. The minimum absolute atomic E-state index is 0.249. The monoisotopic (exact) mass is 403 g/mol. The van der Waals surface area contributed by atoms with Gasteiger partial charge in [-0.05, 0) is 60.7 Å². The number of pyridine rings is 1. The van der Waals surface area contributed by atoms with Crippen molar-refractivity contribution < 1.29 is 14.6 Å². The molecule has 0 aliphatic heterocycles. The van der Waals surface area contributed by atoms with Gasteiger partial charge in [0.2, 0.25) is 0 Å². The van der Waals surface area contributed by atoms with E-state index in [1.165, 1.54) is 23.4 Å². The van der Waals surface area contributed by atoms with Gasteiger partial charge in [0.15, 0.2) is 0 Å². The second-order valence-electron chi connectivity index (χ2n) is 7.47. The lowest BCUT2D eigenvalue weighted by molar-refractivity contribution is 0.0697. The van der Waals surface area contributed by atoms with E-state index in [4.69, 9.17) is 4.74 Å². The number of nitrogens with one attached hydrogen (secondary N) is 2. The molecule has 0 spiro atoms. The maximum Gasteiger partial charge on any atom is 0.337 e. The Morgan fingerprint density at radius 2 is 2.07 bits per heavy atom. The van der Waals surface area contributed by atoms with Crippen LogP contribution in [0.3, 0.4) is 0 Å². The molecule has 1 aliphatic rings. The number of fused-ring (bicyclic) bond motifs is 1. The van der Waals surface area contributed by atoms with Crippen molar-refractivity contribution in [2.75, 3.05) is 24.3 Å². The molecule has 3 aromatic rings. The third kappa shape index (κ3) is 4.38. The van der Waals surface area contributed by atoms with Crippen molar-refractivity contribution in [3.63, 3.8) is 0 Å². The van der Waals surface area contributed by atoms with Gasteiger partial charge in [0.05, 0.1) is 24.6 Å². The van der Waals surface area contributed by atoms with Gasteiger partial charge in [-0.25, -0.2) is 4.79 Å². The van der Waals surface area contributed by atoms with E-state index in [1.54, 1.807) is 13.3 Å². The Balaban J connectivity index is 1.49. The Bertz CT molecular complexity index is 1050. The van der Waals surface area contributed by atoms with Crippen molar-refractivity contribution in [3.05, 3.63) is 77.6 Å². The molecule has 1 heterocycles. The van der Waals surface area contributed by atoms with E-state index in [0.717, 1.165) is 36.4 Å².